The van der Waals surface area contributed by atoms with E-state index >= 15 is 0 Å². The van der Waals surface area contributed by atoms with Crippen LogP contribution in [0.1, 0.15) is 34.1 Å². The third-order valence-corrected chi connectivity index (χ3v) is 3.72. The summed E-state index contributed by atoms with van der Waals surface area (Å²) in [5, 5.41) is 3.06. The highest BCUT2D eigenvalue weighted by atomic mass is 16.2. The number of H-pyrrole nitrogens is 1. The Morgan fingerprint density at radius 2 is 1.96 bits per heavy atom. The fourth-order valence-electron chi connectivity index (χ4n) is 2.56. The normalized spacial score (nSPS) is 10.7. The van der Waals surface area contributed by atoms with Crippen LogP contribution in [0.3, 0.4) is 0 Å². The van der Waals surface area contributed by atoms with E-state index in [0.29, 0.717) is 24.2 Å². The van der Waals surface area contributed by atoms with Crippen LogP contribution in [0, 0.1) is 0 Å². The molecule has 0 aliphatic heterocycles. The Labute approximate surface area is 133 Å². The summed E-state index contributed by atoms with van der Waals surface area (Å²) in [6.07, 6.45) is 3.59. The van der Waals surface area contributed by atoms with Crippen molar-refractivity contribution in [2.75, 3.05) is 0 Å². The maximum absolute atomic E-state index is 12.7. The quantitative estimate of drug-likeness (QED) is 0.736. The van der Waals surface area contributed by atoms with Crippen LogP contribution in [0.25, 0.3) is 0 Å². The van der Waals surface area contributed by atoms with Gasteiger partial charge >= 0.3 is 0 Å². The number of carbonyl (C=O) groups is 1. The molecule has 3 aromatic rings. The summed E-state index contributed by atoms with van der Waals surface area (Å²) < 4.78 is 1.46. The van der Waals surface area contributed by atoms with Crippen molar-refractivity contribution >= 4 is 5.78 Å². The summed E-state index contributed by atoms with van der Waals surface area (Å²) in [6, 6.07) is 13.1. The molecule has 23 heavy (non-hydrogen) atoms. The predicted octanol–water partition coefficient (Wildman–Crippen LogP) is 2.41. The topological polar surface area (TPSA) is 67.8 Å². The SMILES string of the molecule is CCn1[nH]c(Cc2ccccc2)c(C(=O)c2cccnc2)c1=O. The minimum absolute atomic E-state index is 0.198. The van der Waals surface area contributed by atoms with Gasteiger partial charge in [0.1, 0.15) is 5.56 Å². The van der Waals surface area contributed by atoms with Crippen molar-refractivity contribution in [1.29, 1.82) is 0 Å². The lowest BCUT2D eigenvalue weighted by Crippen LogP contribution is -2.21. The van der Waals surface area contributed by atoms with Crippen molar-refractivity contribution in [2.24, 2.45) is 0 Å². The highest BCUT2D eigenvalue weighted by Crippen LogP contribution is 2.14. The van der Waals surface area contributed by atoms with E-state index in [1.165, 1.54) is 10.9 Å². The number of carbonyl (C=O) groups excluding carboxylic acids is 1. The fourth-order valence-corrected chi connectivity index (χ4v) is 2.56. The number of hydrogen-bond donors (Lipinski definition) is 1. The van der Waals surface area contributed by atoms with Gasteiger partial charge in [0.2, 0.25) is 5.78 Å². The Morgan fingerprint density at radius 1 is 1.17 bits per heavy atom. The number of nitrogens with zero attached hydrogens (tertiary/aromatic N) is 2. The molecule has 0 aliphatic rings. The van der Waals surface area contributed by atoms with E-state index in [1.807, 2.05) is 37.3 Å². The van der Waals surface area contributed by atoms with E-state index in [4.69, 9.17) is 0 Å². The molecule has 0 spiro atoms. The van der Waals surface area contributed by atoms with E-state index in [9.17, 15) is 9.59 Å². The highest BCUT2D eigenvalue weighted by Gasteiger charge is 2.22. The molecule has 0 fully saturated rings. The number of aryl methyl sites for hydroxylation is 1. The number of benzene rings is 1. The summed E-state index contributed by atoms with van der Waals surface area (Å²) in [7, 11) is 0. The second-order valence-corrected chi connectivity index (χ2v) is 5.25. The average molecular weight is 307 g/mol. The zero-order valence-electron chi connectivity index (χ0n) is 12.8. The van der Waals surface area contributed by atoms with Crippen LogP contribution in [-0.4, -0.2) is 20.5 Å². The Balaban J connectivity index is 2.06. The van der Waals surface area contributed by atoms with Crippen LogP contribution >= 0.6 is 0 Å². The lowest BCUT2D eigenvalue weighted by Gasteiger charge is -2.02. The maximum atomic E-state index is 12.7. The molecule has 1 N–H and O–H groups in total. The third kappa shape index (κ3) is 2.99. The van der Waals surface area contributed by atoms with Crippen LogP contribution in [0.5, 0.6) is 0 Å². The van der Waals surface area contributed by atoms with Gasteiger partial charge in [-0.1, -0.05) is 30.3 Å². The van der Waals surface area contributed by atoms with Gasteiger partial charge in [0.15, 0.2) is 0 Å². The summed E-state index contributed by atoms with van der Waals surface area (Å²) >= 11 is 0. The molecule has 2 aromatic heterocycles. The van der Waals surface area contributed by atoms with Gasteiger partial charge < -0.3 is 0 Å². The van der Waals surface area contributed by atoms with Gasteiger partial charge in [-0.3, -0.25) is 24.4 Å². The van der Waals surface area contributed by atoms with E-state index < -0.39 is 0 Å². The van der Waals surface area contributed by atoms with Crippen molar-refractivity contribution < 1.29 is 4.79 Å². The van der Waals surface area contributed by atoms with Crippen LogP contribution in [-0.2, 0) is 13.0 Å². The molecule has 0 unspecified atom stereocenters. The molecular weight excluding hydrogens is 290 g/mol. The van der Waals surface area contributed by atoms with Crippen molar-refractivity contribution in [1.82, 2.24) is 14.8 Å². The second kappa shape index (κ2) is 6.44. The molecule has 0 aliphatic carbocycles. The molecule has 116 valence electrons. The molecule has 2 heterocycles. The standard InChI is InChI=1S/C18H17N3O2/c1-2-21-18(23)16(17(22)14-9-6-10-19-12-14)15(20-21)11-13-7-4-3-5-8-13/h3-10,12,20H,2,11H2,1H3. The zero-order valence-corrected chi connectivity index (χ0v) is 12.8. The molecule has 0 atom stereocenters. The lowest BCUT2D eigenvalue weighted by atomic mass is 10.0. The largest absolute Gasteiger partial charge is 0.299 e. The summed E-state index contributed by atoms with van der Waals surface area (Å²) in [5.74, 6) is -0.294. The van der Waals surface area contributed by atoms with Crippen LogP contribution < -0.4 is 5.56 Å². The minimum Gasteiger partial charge on any atom is -0.299 e. The van der Waals surface area contributed by atoms with Crippen molar-refractivity contribution in [3.05, 3.63) is 87.6 Å². The van der Waals surface area contributed by atoms with Gasteiger partial charge in [0.05, 0.1) is 5.69 Å². The van der Waals surface area contributed by atoms with Crippen molar-refractivity contribution in [3.63, 3.8) is 0 Å². The van der Waals surface area contributed by atoms with Gasteiger partial charge in [-0.2, -0.15) is 0 Å². The van der Waals surface area contributed by atoms with Gasteiger partial charge in [-0.25, -0.2) is 0 Å². The van der Waals surface area contributed by atoms with Crippen LogP contribution in [0.4, 0.5) is 0 Å². The molecule has 5 heteroatoms. The number of nitrogens with one attached hydrogen (secondary N) is 1. The van der Waals surface area contributed by atoms with Gasteiger partial charge in [-0.05, 0) is 24.6 Å². The molecule has 1 aromatic carbocycles. The molecule has 5 nitrogen and oxygen atoms in total. The molecule has 0 bridgehead atoms. The minimum atomic E-state index is -0.294. The van der Waals surface area contributed by atoms with E-state index in [2.05, 4.69) is 10.1 Å². The predicted molar refractivity (Wildman–Crippen MR) is 87.6 cm³/mol. The van der Waals surface area contributed by atoms with Gasteiger partial charge in [0, 0.05) is 30.9 Å². The Kier molecular flexibility index (Phi) is 4.19. The smallest absolute Gasteiger partial charge is 0.278 e. The van der Waals surface area contributed by atoms with Gasteiger partial charge in [0.25, 0.3) is 5.56 Å². The molecule has 0 amide bonds. The maximum Gasteiger partial charge on any atom is 0.278 e. The lowest BCUT2D eigenvalue weighted by molar-refractivity contribution is 0.103. The molecule has 0 saturated carbocycles. The van der Waals surface area contributed by atoms with Crippen LogP contribution in [0.15, 0.2) is 59.7 Å². The van der Waals surface area contributed by atoms with Crippen LogP contribution in [0.2, 0.25) is 0 Å². The van der Waals surface area contributed by atoms with E-state index in [1.54, 1.807) is 18.3 Å². The Morgan fingerprint density at radius 3 is 2.61 bits per heavy atom. The first kappa shape index (κ1) is 15.0. The summed E-state index contributed by atoms with van der Waals surface area (Å²) in [5.41, 5.74) is 2.01. The third-order valence-electron chi connectivity index (χ3n) is 3.72. The summed E-state index contributed by atoms with van der Waals surface area (Å²) in [4.78, 5) is 29.2. The average Bonchev–Trinajstić information content (AvgIpc) is 2.91. The first-order chi connectivity index (χ1) is 11.2. The number of rotatable bonds is 5. The zero-order chi connectivity index (χ0) is 16.2. The Bertz CT molecular complexity index is 864. The molecule has 0 saturated heterocycles. The molecule has 0 radical (unpaired) electrons. The van der Waals surface area contributed by atoms with Crippen molar-refractivity contribution in [2.45, 2.75) is 19.9 Å². The van der Waals surface area contributed by atoms with Crippen molar-refractivity contribution in [3.8, 4) is 0 Å². The Hall–Kier alpha value is -2.95. The number of aromatic nitrogens is 3. The number of ketones is 1. The second-order valence-electron chi connectivity index (χ2n) is 5.25. The number of pyridine rings is 1. The number of hydrogen-bond acceptors (Lipinski definition) is 3. The summed E-state index contributed by atoms with van der Waals surface area (Å²) in [6.45, 7) is 2.35. The molecule has 3 rings (SSSR count). The first-order valence-corrected chi connectivity index (χ1v) is 7.51. The van der Waals surface area contributed by atoms with E-state index in [0.717, 1.165) is 5.56 Å². The number of aromatic amines is 1. The fraction of sp³-hybridized carbons (Fsp3) is 0.167. The highest BCUT2D eigenvalue weighted by molar-refractivity contribution is 6.09. The monoisotopic (exact) mass is 307 g/mol. The van der Waals surface area contributed by atoms with Gasteiger partial charge in [-0.15, -0.1) is 0 Å². The molecular formula is C18H17N3O2. The van der Waals surface area contributed by atoms with E-state index in [-0.39, 0.29) is 16.9 Å². The first-order valence-electron chi connectivity index (χ1n) is 7.51.